The summed E-state index contributed by atoms with van der Waals surface area (Å²) in [5.74, 6) is 4.22. The first-order valence-corrected chi connectivity index (χ1v) is 47.3. The van der Waals surface area contributed by atoms with E-state index in [0.717, 1.165) is 182 Å². The highest BCUT2D eigenvalue weighted by Gasteiger charge is 2.24. The Bertz CT molecular complexity index is 9120. The lowest BCUT2D eigenvalue weighted by Crippen LogP contribution is -2.02. The van der Waals surface area contributed by atoms with E-state index in [4.69, 9.17) is 64.8 Å². The van der Waals surface area contributed by atoms with Crippen LogP contribution in [-0.2, 0) is 0 Å². The molecule has 0 amide bonds. The topological polar surface area (TPSA) is 180 Å². The minimum atomic E-state index is 0.560. The lowest BCUT2D eigenvalue weighted by Gasteiger charge is -2.15. The van der Waals surface area contributed by atoms with Crippen LogP contribution in [0.3, 0.4) is 0 Å². The first-order chi connectivity index (χ1) is 70.3. The van der Waals surface area contributed by atoms with Gasteiger partial charge in [-0.15, -0.1) is 0 Å². The molecule has 0 bridgehead atoms. The Balaban J connectivity index is 0.000000110. The molecule has 14 heteroatoms. The summed E-state index contributed by atoms with van der Waals surface area (Å²) < 4.78 is 0. The molecule has 0 aliphatic heterocycles. The van der Waals surface area contributed by atoms with Crippen LogP contribution in [0.1, 0.15) is 0 Å². The van der Waals surface area contributed by atoms with Gasteiger partial charge in [0.25, 0.3) is 0 Å². The van der Waals surface area contributed by atoms with Crippen molar-refractivity contribution in [2.45, 2.75) is 0 Å². The first kappa shape index (κ1) is 83.2. The lowest BCUT2D eigenvalue weighted by molar-refractivity contribution is 1.07. The van der Waals surface area contributed by atoms with Crippen molar-refractivity contribution < 1.29 is 0 Å². The van der Waals surface area contributed by atoms with Crippen LogP contribution in [0.5, 0.6) is 0 Å². The fourth-order valence-corrected chi connectivity index (χ4v) is 20.0. The van der Waals surface area contributed by atoms with Crippen molar-refractivity contribution in [1.29, 1.82) is 0 Å². The van der Waals surface area contributed by atoms with E-state index in [-0.39, 0.29) is 0 Å². The van der Waals surface area contributed by atoms with Crippen molar-refractivity contribution in [2.24, 2.45) is 0 Å². The maximum absolute atomic E-state index is 5.28. The van der Waals surface area contributed by atoms with Gasteiger partial charge < -0.3 is 0 Å². The SMILES string of the molecule is c1ccc2c(-c3ccc(-c4nc(-c5cc6ccccc6c6ccccc56)cc(-c5cc6ccccc6c6ccccc56)n4)cn3)nccc2c1.c1ccc2c(-c3ccc(-c4nc(-c5cc6ccccc6c6ccccc56)nc(-c5cc6ccccc6c6ccccc56)n4)cn3)nccc2c1.c1ccc2cc(-c3nc(-c4ccc(-c5nccc6ccccc56)nc4)nc(-c4ccc5ccccc5c4)n3)ccc2c1. The Morgan fingerprint density at radius 1 is 0.120 bits per heavy atom. The number of aromatic nitrogens is 14. The van der Waals surface area contributed by atoms with Gasteiger partial charge >= 0.3 is 0 Å². The summed E-state index contributed by atoms with van der Waals surface area (Å²) >= 11 is 0. The van der Waals surface area contributed by atoms with Crippen LogP contribution in [0.4, 0.5) is 0 Å². The zero-order valence-corrected chi connectivity index (χ0v) is 76.3. The molecule has 9 aromatic heterocycles. The molecule has 0 spiro atoms. The van der Waals surface area contributed by atoms with Crippen LogP contribution >= 0.6 is 0 Å². The van der Waals surface area contributed by atoms with Gasteiger partial charge in [-0.3, -0.25) is 29.9 Å². The van der Waals surface area contributed by atoms with Crippen LogP contribution < -0.4 is 0 Å². The summed E-state index contributed by atoms with van der Waals surface area (Å²) in [6, 6.07) is 151. The summed E-state index contributed by atoms with van der Waals surface area (Å²) in [7, 11) is 0. The molecule has 0 fully saturated rings. The Labute approximate surface area is 814 Å². The van der Waals surface area contributed by atoms with Crippen molar-refractivity contribution in [3.05, 3.63) is 474 Å². The fraction of sp³-hybridized carbons (Fsp3) is 0. The predicted octanol–water partition coefficient (Wildman–Crippen LogP) is 31.6. The third kappa shape index (κ3) is 15.5. The Kier molecular flexibility index (Phi) is 20.9. The predicted molar refractivity (Wildman–Crippen MR) is 581 cm³/mol. The van der Waals surface area contributed by atoms with E-state index in [0.29, 0.717) is 40.8 Å². The molecule has 0 unspecified atom stereocenters. The van der Waals surface area contributed by atoms with Gasteiger partial charge in [0.1, 0.15) is 0 Å². The molecule has 660 valence electrons. The first-order valence-electron chi connectivity index (χ1n) is 47.3. The van der Waals surface area contributed by atoms with E-state index in [1.807, 2.05) is 146 Å². The van der Waals surface area contributed by atoms with Gasteiger partial charge in [-0.05, 0) is 221 Å². The van der Waals surface area contributed by atoms with Gasteiger partial charge in [0.2, 0.25) is 0 Å². The van der Waals surface area contributed by atoms with E-state index in [1.165, 1.54) is 53.9 Å². The van der Waals surface area contributed by atoms with Crippen molar-refractivity contribution in [1.82, 2.24) is 69.8 Å². The zero-order valence-electron chi connectivity index (χ0n) is 76.3. The molecule has 0 saturated carbocycles. The molecule has 0 radical (unpaired) electrons. The molecule has 0 aliphatic rings. The van der Waals surface area contributed by atoms with Crippen LogP contribution in [0.25, 0.3) is 276 Å². The fourth-order valence-electron chi connectivity index (χ4n) is 20.0. The third-order valence-electron chi connectivity index (χ3n) is 26.9. The highest BCUT2D eigenvalue weighted by molar-refractivity contribution is 6.18. The van der Waals surface area contributed by atoms with Crippen LogP contribution in [0.2, 0.25) is 0 Å². The van der Waals surface area contributed by atoms with Crippen LogP contribution in [0.15, 0.2) is 474 Å². The van der Waals surface area contributed by atoms with Crippen molar-refractivity contribution in [3.8, 4) is 136 Å². The standard InChI is InChI=1S/C46H28N4.C45H27N5.C37H23N5/c1-6-16-35-29(11-1)23-24-47-45(35)42-22-21-32(28-48-42)46-49-43(40-25-30-12-2-4-14-33(30)36-17-7-9-19-38(36)40)27-44(50-46)41-26-31-13-3-5-15-34(31)37-18-8-10-20-39(37)41;1-6-16-34-28(11-1)23-24-46-42(34)41-22-21-31(27-47-41)43-48-44(39-25-29-12-2-4-14-32(29)35-17-7-9-19-37(35)39)50-45(49-43)40-26-30-13-3-5-15-33(30)36-18-8-10-20-38(36)40;1-3-10-27-21-29(15-13-24(27)7-1)35-40-36(30-16-14-25-8-2-4-11-28(25)22-30)42-37(41-35)31-17-18-33(39-23-31)34-32-12-6-5-9-26(32)19-20-38-34/h1-28H;1-27H;1-23H. The van der Waals surface area contributed by atoms with Crippen LogP contribution in [-0.4, -0.2) is 69.8 Å². The monoisotopic (exact) mass is 1810 g/mol. The van der Waals surface area contributed by atoms with Gasteiger partial charge in [0, 0.05) is 103 Å². The molecular weight excluding hydrogens is 1730 g/mol. The average molecular weight is 1810 g/mol. The van der Waals surface area contributed by atoms with Gasteiger partial charge in [-0.25, -0.2) is 39.9 Å². The zero-order chi connectivity index (χ0) is 93.9. The van der Waals surface area contributed by atoms with E-state index in [2.05, 4.69) is 333 Å². The van der Waals surface area contributed by atoms with E-state index >= 15 is 0 Å². The lowest BCUT2D eigenvalue weighted by atomic mass is 9.93. The number of nitrogens with zero attached hydrogens (tertiary/aromatic N) is 14. The number of fused-ring (bicyclic) bond motifs is 17. The second-order valence-corrected chi connectivity index (χ2v) is 35.4. The third-order valence-corrected chi connectivity index (χ3v) is 26.9. The minimum Gasteiger partial charge on any atom is -0.254 e. The van der Waals surface area contributed by atoms with Crippen LogP contribution in [0, 0.1) is 0 Å². The molecule has 28 aromatic rings. The molecule has 14 nitrogen and oxygen atoms in total. The largest absolute Gasteiger partial charge is 0.254 e. The Morgan fingerprint density at radius 2 is 0.352 bits per heavy atom. The second-order valence-electron chi connectivity index (χ2n) is 35.4. The molecule has 0 N–H and O–H groups in total. The summed E-state index contributed by atoms with van der Waals surface area (Å²) in [5, 5.41) is 29.9. The summed E-state index contributed by atoms with van der Waals surface area (Å²) in [4.78, 5) is 69.7. The van der Waals surface area contributed by atoms with Crippen molar-refractivity contribution in [3.63, 3.8) is 0 Å². The number of rotatable bonds is 12. The van der Waals surface area contributed by atoms with E-state index in [1.54, 1.807) is 0 Å². The van der Waals surface area contributed by atoms with Gasteiger partial charge in [0.05, 0.1) is 45.6 Å². The molecule has 28 rings (SSSR count). The normalized spacial score (nSPS) is 11.5. The van der Waals surface area contributed by atoms with Crippen molar-refractivity contribution >= 4 is 140 Å². The molecule has 9 heterocycles. The molecular formula is C128H78N14. The maximum atomic E-state index is 5.28. The Morgan fingerprint density at radius 3 is 0.669 bits per heavy atom. The molecule has 19 aromatic carbocycles. The highest BCUT2D eigenvalue weighted by atomic mass is 15.0. The highest BCUT2D eigenvalue weighted by Crippen LogP contribution is 2.44. The van der Waals surface area contributed by atoms with Crippen molar-refractivity contribution in [2.75, 3.05) is 0 Å². The molecule has 142 heavy (non-hydrogen) atoms. The number of pyridine rings is 6. The van der Waals surface area contributed by atoms with E-state index < -0.39 is 0 Å². The number of hydrogen-bond donors (Lipinski definition) is 0. The molecule has 0 aliphatic carbocycles. The quantitative estimate of drug-likeness (QED) is 0.105. The van der Waals surface area contributed by atoms with Gasteiger partial charge in [-0.1, -0.05) is 340 Å². The summed E-state index contributed by atoms with van der Waals surface area (Å²) in [6.45, 7) is 0. The maximum Gasteiger partial charge on any atom is 0.165 e. The summed E-state index contributed by atoms with van der Waals surface area (Å²) in [6.07, 6.45) is 11.0. The smallest absolute Gasteiger partial charge is 0.165 e. The van der Waals surface area contributed by atoms with Gasteiger partial charge in [-0.2, -0.15) is 0 Å². The average Bonchev–Trinajstić information content (AvgIpc) is 0.747. The Hall–Kier alpha value is -19.4. The molecule has 0 atom stereocenters. The molecule has 0 saturated heterocycles. The van der Waals surface area contributed by atoms with E-state index in [9.17, 15) is 0 Å². The van der Waals surface area contributed by atoms with Gasteiger partial charge in [0.15, 0.2) is 40.8 Å². The number of hydrogen-bond acceptors (Lipinski definition) is 14. The minimum absolute atomic E-state index is 0.560. The summed E-state index contributed by atoms with van der Waals surface area (Å²) in [5.41, 5.74) is 15.1. The second kappa shape index (κ2) is 35.7. The number of benzene rings is 19.